The maximum absolute atomic E-state index is 8.83. The molecule has 0 saturated heterocycles. The Morgan fingerprint density at radius 1 is 1.03 bits per heavy atom. The summed E-state index contributed by atoms with van der Waals surface area (Å²) < 4.78 is 5.25. The first-order valence-corrected chi connectivity index (χ1v) is 9.87. The van der Waals surface area contributed by atoms with E-state index in [0.29, 0.717) is 18.7 Å². The van der Waals surface area contributed by atoms with E-state index in [0.717, 1.165) is 38.7 Å². The van der Waals surface area contributed by atoms with Crippen molar-refractivity contribution in [3.05, 3.63) is 59.9 Å². The minimum absolute atomic E-state index is 0.542. The summed E-state index contributed by atoms with van der Waals surface area (Å²) in [5.41, 5.74) is 2.73. The van der Waals surface area contributed by atoms with Gasteiger partial charge in [0.15, 0.2) is 0 Å². The number of methoxy groups -OCH3 is 1. The number of hydrogen-bond acceptors (Lipinski definition) is 8. The predicted molar refractivity (Wildman–Crippen MR) is 115 cm³/mol. The number of ether oxygens (including phenoxy) is 1. The normalized spacial score (nSPS) is 10.5. The molecule has 0 atom stereocenters. The third kappa shape index (κ3) is 4.10. The number of thiophene rings is 1. The van der Waals surface area contributed by atoms with Crippen LogP contribution in [0.4, 0.5) is 11.6 Å². The fraction of sp³-hybridized carbons (Fsp3) is 0.143. The van der Waals surface area contributed by atoms with E-state index in [-0.39, 0.29) is 0 Å². The first-order chi connectivity index (χ1) is 14.3. The summed E-state index contributed by atoms with van der Waals surface area (Å²) in [7, 11) is 1.66. The fourth-order valence-corrected chi connectivity index (χ4v) is 3.84. The lowest BCUT2D eigenvalue weighted by Gasteiger charge is -2.10. The number of pyridine rings is 1. The van der Waals surface area contributed by atoms with Crippen molar-refractivity contribution in [3.63, 3.8) is 0 Å². The molecule has 2 N–H and O–H groups in total. The molecule has 0 radical (unpaired) electrons. The van der Waals surface area contributed by atoms with Gasteiger partial charge in [-0.3, -0.25) is 0 Å². The second kappa shape index (κ2) is 8.54. The number of rotatable bonds is 7. The van der Waals surface area contributed by atoms with E-state index in [4.69, 9.17) is 10.00 Å². The van der Waals surface area contributed by atoms with Crippen molar-refractivity contribution in [2.75, 3.05) is 30.8 Å². The van der Waals surface area contributed by atoms with E-state index in [1.807, 2.05) is 24.3 Å². The fourth-order valence-electron chi connectivity index (χ4n) is 2.93. The summed E-state index contributed by atoms with van der Waals surface area (Å²) in [5, 5.41) is 18.6. The molecule has 0 spiro atoms. The lowest BCUT2D eigenvalue weighted by Crippen LogP contribution is -2.15. The largest absolute Gasteiger partial charge is 0.497 e. The molecule has 0 fully saturated rings. The van der Waals surface area contributed by atoms with Gasteiger partial charge in [0.25, 0.3) is 0 Å². The number of anilines is 2. The molecule has 29 heavy (non-hydrogen) atoms. The number of nitrogens with one attached hydrogen (secondary N) is 2. The zero-order valence-corrected chi connectivity index (χ0v) is 16.5. The van der Waals surface area contributed by atoms with Crippen molar-refractivity contribution < 1.29 is 4.74 Å². The smallest absolute Gasteiger partial charge is 0.138 e. The number of nitriles is 1. The second-order valence-corrected chi connectivity index (χ2v) is 7.04. The zero-order valence-electron chi connectivity index (χ0n) is 15.7. The van der Waals surface area contributed by atoms with Crippen molar-refractivity contribution in [1.29, 1.82) is 5.26 Å². The van der Waals surface area contributed by atoms with Crippen LogP contribution in [-0.4, -0.2) is 35.2 Å². The van der Waals surface area contributed by atoms with Crippen LogP contribution in [0.5, 0.6) is 5.75 Å². The Labute approximate surface area is 172 Å². The Morgan fingerprint density at radius 2 is 1.86 bits per heavy atom. The average Bonchev–Trinajstić information content (AvgIpc) is 3.22. The monoisotopic (exact) mass is 402 g/mol. The van der Waals surface area contributed by atoms with Gasteiger partial charge < -0.3 is 15.4 Å². The Morgan fingerprint density at radius 3 is 2.59 bits per heavy atom. The molecule has 0 aliphatic heterocycles. The molecule has 0 aliphatic rings. The van der Waals surface area contributed by atoms with Crippen LogP contribution < -0.4 is 15.4 Å². The van der Waals surface area contributed by atoms with Gasteiger partial charge in [0, 0.05) is 30.2 Å². The van der Waals surface area contributed by atoms with Crippen LogP contribution in [0, 0.1) is 11.3 Å². The zero-order chi connectivity index (χ0) is 20.1. The van der Waals surface area contributed by atoms with Gasteiger partial charge in [-0.25, -0.2) is 15.0 Å². The number of hydrogen-bond donors (Lipinski definition) is 2. The highest BCUT2D eigenvalue weighted by Crippen LogP contribution is 2.36. The molecule has 0 bridgehead atoms. The van der Waals surface area contributed by atoms with Crippen LogP contribution in [0.15, 0.2) is 54.3 Å². The highest BCUT2D eigenvalue weighted by molar-refractivity contribution is 7.17. The van der Waals surface area contributed by atoms with Crippen molar-refractivity contribution in [3.8, 4) is 22.9 Å². The van der Waals surface area contributed by atoms with Gasteiger partial charge in [-0.1, -0.05) is 12.1 Å². The highest BCUT2D eigenvalue weighted by atomic mass is 32.1. The van der Waals surface area contributed by atoms with Crippen LogP contribution in [-0.2, 0) is 0 Å². The van der Waals surface area contributed by atoms with Crippen LogP contribution >= 0.6 is 11.3 Å². The predicted octanol–water partition coefficient (Wildman–Crippen LogP) is 4.16. The lowest BCUT2D eigenvalue weighted by atomic mass is 10.1. The first-order valence-electron chi connectivity index (χ1n) is 8.99. The molecular weight excluding hydrogens is 384 g/mol. The number of aromatic nitrogens is 3. The van der Waals surface area contributed by atoms with E-state index >= 15 is 0 Å². The molecule has 4 rings (SSSR count). The lowest BCUT2D eigenvalue weighted by molar-refractivity contribution is 0.415. The minimum Gasteiger partial charge on any atom is -0.497 e. The van der Waals surface area contributed by atoms with Gasteiger partial charge in [0.2, 0.25) is 0 Å². The first kappa shape index (κ1) is 18.7. The molecule has 8 heteroatoms. The number of nitrogens with zero attached hydrogens (tertiary/aromatic N) is 4. The van der Waals surface area contributed by atoms with Gasteiger partial charge in [-0.05, 0) is 29.8 Å². The van der Waals surface area contributed by atoms with Gasteiger partial charge >= 0.3 is 0 Å². The summed E-state index contributed by atoms with van der Waals surface area (Å²) in [5.74, 6) is 2.36. The summed E-state index contributed by atoms with van der Waals surface area (Å²) >= 11 is 1.60. The van der Waals surface area contributed by atoms with E-state index in [1.54, 1.807) is 43.1 Å². The third-order valence-electron chi connectivity index (χ3n) is 4.39. The van der Waals surface area contributed by atoms with Gasteiger partial charge in [-0.15, -0.1) is 11.3 Å². The van der Waals surface area contributed by atoms with Gasteiger partial charge in [0.1, 0.15) is 34.6 Å². The Balaban J connectivity index is 1.48. The molecule has 1 aromatic carbocycles. The maximum Gasteiger partial charge on any atom is 0.138 e. The minimum atomic E-state index is 0.542. The van der Waals surface area contributed by atoms with Crippen LogP contribution in [0.25, 0.3) is 21.3 Å². The van der Waals surface area contributed by atoms with E-state index in [9.17, 15) is 0 Å². The topological polar surface area (TPSA) is 95.8 Å². The summed E-state index contributed by atoms with van der Waals surface area (Å²) in [6.45, 7) is 1.32. The highest BCUT2D eigenvalue weighted by Gasteiger charge is 2.13. The Kier molecular flexibility index (Phi) is 5.49. The molecule has 3 heterocycles. The molecule has 0 unspecified atom stereocenters. The summed E-state index contributed by atoms with van der Waals surface area (Å²) in [4.78, 5) is 14.0. The van der Waals surface area contributed by atoms with E-state index in [2.05, 4.69) is 37.0 Å². The molecule has 7 nitrogen and oxygen atoms in total. The standard InChI is InChI=1S/C21H18N6OS/c1-28-16-5-3-15(4-6-16)17-12-29-21-19(17)20(26-13-27-21)24-9-8-23-18-7-2-14(10-22)11-25-18/h2-7,11-13H,8-9H2,1H3,(H,23,25)(H,24,26,27). The van der Waals surface area contributed by atoms with E-state index in [1.165, 1.54) is 0 Å². The molecule has 144 valence electrons. The number of fused-ring (bicyclic) bond motifs is 1. The third-order valence-corrected chi connectivity index (χ3v) is 5.27. The molecule has 0 saturated carbocycles. The van der Waals surface area contributed by atoms with Crippen LogP contribution in [0.3, 0.4) is 0 Å². The average molecular weight is 402 g/mol. The quantitative estimate of drug-likeness (QED) is 0.448. The summed E-state index contributed by atoms with van der Waals surface area (Å²) in [6.07, 6.45) is 3.13. The van der Waals surface area contributed by atoms with Gasteiger partial charge in [-0.2, -0.15) is 5.26 Å². The van der Waals surface area contributed by atoms with Crippen LogP contribution in [0.1, 0.15) is 5.56 Å². The van der Waals surface area contributed by atoms with Crippen LogP contribution in [0.2, 0.25) is 0 Å². The summed E-state index contributed by atoms with van der Waals surface area (Å²) in [6, 6.07) is 13.6. The van der Waals surface area contributed by atoms with Crippen molar-refractivity contribution >= 4 is 33.2 Å². The van der Waals surface area contributed by atoms with Gasteiger partial charge in [0.05, 0.1) is 18.1 Å². The molecule has 0 amide bonds. The Hall–Kier alpha value is -3.70. The van der Waals surface area contributed by atoms with Crippen molar-refractivity contribution in [1.82, 2.24) is 15.0 Å². The SMILES string of the molecule is COc1ccc(-c2csc3ncnc(NCCNc4ccc(C#N)cn4)c23)cc1. The Bertz CT molecular complexity index is 1150. The van der Waals surface area contributed by atoms with Crippen molar-refractivity contribution in [2.45, 2.75) is 0 Å². The molecule has 0 aliphatic carbocycles. The molecule has 3 aromatic heterocycles. The second-order valence-electron chi connectivity index (χ2n) is 6.18. The molecule has 4 aromatic rings. The van der Waals surface area contributed by atoms with E-state index < -0.39 is 0 Å². The maximum atomic E-state index is 8.83. The number of benzene rings is 1. The molecular formula is C21H18N6OS. The van der Waals surface area contributed by atoms with Crippen molar-refractivity contribution in [2.24, 2.45) is 0 Å².